The third kappa shape index (κ3) is 11.8. The molecule has 0 unspecified atom stereocenters. The molecule has 6 aromatic rings. The van der Waals surface area contributed by atoms with Crippen LogP contribution in [0.5, 0.6) is 23.8 Å². The first-order valence-corrected chi connectivity index (χ1v) is 28.7. The molecule has 0 aliphatic heterocycles. The zero-order valence-electron chi connectivity index (χ0n) is 41.7. The van der Waals surface area contributed by atoms with Gasteiger partial charge in [0.25, 0.3) is 0 Å². The number of aliphatic carboxylic acids is 2. The van der Waals surface area contributed by atoms with Gasteiger partial charge in [0.15, 0.2) is 11.6 Å². The smallest absolute Gasteiger partial charge is 0.336 e. The zero-order valence-corrected chi connectivity index (χ0v) is 42.7. The van der Waals surface area contributed by atoms with Gasteiger partial charge >= 0.3 is 24.0 Å². The molecule has 0 bridgehead atoms. The summed E-state index contributed by atoms with van der Waals surface area (Å²) in [5, 5.41) is 30.7. The van der Waals surface area contributed by atoms with Crippen molar-refractivity contribution in [2.45, 2.75) is 136 Å². The van der Waals surface area contributed by atoms with Crippen molar-refractivity contribution in [3.63, 3.8) is 0 Å². The molecule has 0 spiro atoms. The average molecular weight is 1000 g/mol. The van der Waals surface area contributed by atoms with E-state index in [1.807, 2.05) is 50.2 Å². The van der Waals surface area contributed by atoms with Crippen LogP contribution in [0.4, 0.5) is 0 Å². The zero-order chi connectivity index (χ0) is 50.5. The molecule has 10 rings (SSSR count). The highest BCUT2D eigenvalue weighted by molar-refractivity contribution is 6.76. The Balaban J connectivity index is 0.000000182. The number of hydrogen-bond acceptors (Lipinski definition) is 15. The van der Waals surface area contributed by atoms with Gasteiger partial charge in [-0.05, 0) is 119 Å². The Labute approximate surface area is 419 Å². The Kier molecular flexibility index (Phi) is 15.0. The maximum Gasteiger partial charge on any atom is 0.336 e. The van der Waals surface area contributed by atoms with Crippen molar-refractivity contribution >= 4 is 20.0 Å². The van der Waals surface area contributed by atoms with Gasteiger partial charge in [0.05, 0.1) is 11.4 Å². The molecule has 20 heteroatoms. The minimum atomic E-state index is -1.18. The first-order chi connectivity index (χ1) is 34.6. The summed E-state index contributed by atoms with van der Waals surface area (Å²) in [4.78, 5) is 50.2. The number of aromatic nitrogens is 10. The van der Waals surface area contributed by atoms with E-state index in [1.54, 1.807) is 29.5 Å². The van der Waals surface area contributed by atoms with Crippen LogP contribution < -0.4 is 18.9 Å². The molecule has 4 saturated carbocycles. The Hall–Kier alpha value is -6.80. The molecule has 4 aliphatic rings. The number of aromatic amines is 1. The summed E-state index contributed by atoms with van der Waals surface area (Å²) >= 11 is 0. The van der Waals surface area contributed by atoms with E-state index >= 15 is 0 Å². The van der Waals surface area contributed by atoms with E-state index in [9.17, 15) is 19.8 Å². The summed E-state index contributed by atoms with van der Waals surface area (Å²) in [7, 11) is -1.18. The maximum atomic E-state index is 11.6. The second-order valence-electron chi connectivity index (χ2n) is 20.9. The lowest BCUT2D eigenvalue weighted by Gasteiger charge is -2.36. The van der Waals surface area contributed by atoms with E-state index in [2.05, 4.69) is 64.8 Å². The van der Waals surface area contributed by atoms with Crippen LogP contribution in [-0.2, 0) is 21.1 Å². The number of rotatable bonds is 21. The topological polar surface area (TPSA) is 245 Å². The molecule has 6 aromatic heterocycles. The number of aryl methyl sites for hydroxylation is 2. The Bertz CT molecular complexity index is 2830. The standard InChI is InChI=1S/C29H39N5O5Si.C23H25N5O4/c1-20-15-25(38-18-29(27(35)36)11-6-12-29)31-17-23(20)24-10-9-21(16-30-24)26-32-28(39-22-7-5-8-22)34(33-26)19-37-13-14-40(2,3)4;1-14-10-19(31-13-23(21(29)30)8-3-9-23)25-12-17(14)18-7-6-15(11-24-18)20-26-22(28-27-20)32-16-4-2-5-16/h9-10,15-17,22H,5-8,11-14,18-19H2,1-4H3,(H,35,36);6-7,10-12,16H,2-5,8-9,13H2,1H3,(H,29,30)(H,26,27,28). The van der Waals surface area contributed by atoms with Gasteiger partial charge in [-0.2, -0.15) is 14.6 Å². The van der Waals surface area contributed by atoms with Crippen LogP contribution in [-0.4, -0.2) is 112 Å². The molecule has 4 fully saturated rings. The van der Waals surface area contributed by atoms with Gasteiger partial charge in [-0.15, -0.1) is 10.2 Å². The Morgan fingerprint density at radius 2 is 1.25 bits per heavy atom. The SMILES string of the molecule is Cc1cc(OCC2(C(=O)O)CCC2)ncc1-c1ccc(-c2nc(OC3CCC3)n(COCC[Si](C)(C)C)n2)cn1.Cc1cc(OCC2(C(=O)O)CCC2)ncc1-c1ccc(-c2nc(OC3CCC3)n[nH]2)cn1. The average Bonchev–Trinajstić information content (AvgIpc) is 3.94. The van der Waals surface area contributed by atoms with E-state index < -0.39 is 30.8 Å². The third-order valence-corrected chi connectivity index (χ3v) is 16.0. The molecule has 0 atom stereocenters. The highest BCUT2D eigenvalue weighted by Gasteiger charge is 2.46. The predicted octanol–water partition coefficient (Wildman–Crippen LogP) is 9.39. The van der Waals surface area contributed by atoms with Crippen LogP contribution >= 0.6 is 0 Å². The first kappa shape index (κ1) is 50.1. The van der Waals surface area contributed by atoms with Crippen LogP contribution in [0, 0.1) is 24.7 Å². The fourth-order valence-corrected chi connectivity index (χ4v) is 9.22. The molecule has 0 saturated heterocycles. The van der Waals surface area contributed by atoms with Gasteiger partial charge in [0, 0.05) is 73.9 Å². The van der Waals surface area contributed by atoms with Crippen molar-refractivity contribution in [3.05, 3.63) is 72.3 Å². The van der Waals surface area contributed by atoms with Crippen LogP contribution in [0.3, 0.4) is 0 Å². The molecule has 3 N–H and O–H groups in total. The number of carbonyl (C=O) groups is 2. The molecular weight excluding hydrogens is 937 g/mol. The van der Waals surface area contributed by atoms with Gasteiger partial charge < -0.3 is 33.9 Å². The molecule has 19 nitrogen and oxygen atoms in total. The largest absolute Gasteiger partial charge is 0.481 e. The van der Waals surface area contributed by atoms with Crippen molar-refractivity contribution in [1.82, 2.24) is 49.9 Å². The van der Waals surface area contributed by atoms with E-state index in [-0.39, 0.29) is 25.4 Å². The van der Waals surface area contributed by atoms with Crippen molar-refractivity contribution in [1.29, 1.82) is 0 Å². The van der Waals surface area contributed by atoms with E-state index in [0.717, 1.165) is 89.3 Å². The maximum absolute atomic E-state index is 11.6. The summed E-state index contributed by atoms with van der Waals surface area (Å²) in [6, 6.07) is 13.3. The number of carboxylic acids is 2. The van der Waals surface area contributed by atoms with Gasteiger partial charge in [-0.25, -0.2) is 9.97 Å². The minimum absolute atomic E-state index is 0.135. The van der Waals surface area contributed by atoms with Gasteiger partial charge in [-0.3, -0.25) is 24.7 Å². The van der Waals surface area contributed by atoms with Crippen molar-refractivity contribution < 1.29 is 43.5 Å². The number of nitrogens with zero attached hydrogens (tertiary/aromatic N) is 9. The van der Waals surface area contributed by atoms with Crippen molar-refractivity contribution in [2.24, 2.45) is 10.8 Å². The lowest BCUT2D eigenvalue weighted by molar-refractivity contribution is -0.158. The molecule has 4 aliphatic carbocycles. The highest BCUT2D eigenvalue weighted by atomic mass is 28.3. The number of hydrogen-bond donors (Lipinski definition) is 3. The Morgan fingerprint density at radius 3 is 1.69 bits per heavy atom. The summed E-state index contributed by atoms with van der Waals surface area (Å²) in [6.45, 7) is 12.2. The monoisotopic (exact) mass is 1000 g/mol. The van der Waals surface area contributed by atoms with Crippen LogP contribution in [0.25, 0.3) is 45.3 Å². The molecule has 72 heavy (non-hydrogen) atoms. The molecule has 0 amide bonds. The molecule has 0 aromatic carbocycles. The quantitative estimate of drug-likeness (QED) is 0.0449. The number of carboxylic acid groups (broad SMARTS) is 2. The first-order valence-electron chi connectivity index (χ1n) is 25.0. The number of pyridine rings is 4. The molecule has 0 radical (unpaired) electrons. The van der Waals surface area contributed by atoms with Gasteiger partial charge in [0.1, 0.15) is 43.0 Å². The van der Waals surface area contributed by atoms with E-state index in [1.165, 1.54) is 12.8 Å². The van der Waals surface area contributed by atoms with E-state index in [4.69, 9.17) is 23.7 Å². The van der Waals surface area contributed by atoms with Crippen LogP contribution in [0.2, 0.25) is 25.7 Å². The normalized spacial score (nSPS) is 17.0. The van der Waals surface area contributed by atoms with E-state index in [0.29, 0.717) is 74.5 Å². The van der Waals surface area contributed by atoms with Crippen LogP contribution in [0.1, 0.15) is 88.2 Å². The molecular formula is C52H64N10O9Si. The highest BCUT2D eigenvalue weighted by Crippen LogP contribution is 2.43. The molecule has 6 heterocycles. The second-order valence-corrected chi connectivity index (χ2v) is 26.5. The van der Waals surface area contributed by atoms with Crippen LogP contribution in [0.15, 0.2) is 61.2 Å². The summed E-state index contributed by atoms with van der Waals surface area (Å²) < 4.78 is 31.0. The number of ether oxygens (including phenoxy) is 5. The number of nitrogens with one attached hydrogen (secondary N) is 1. The summed E-state index contributed by atoms with van der Waals surface area (Å²) in [5.41, 5.74) is 5.23. The molecule has 380 valence electrons. The summed E-state index contributed by atoms with van der Waals surface area (Å²) in [5.74, 6) is 0.411. The predicted molar refractivity (Wildman–Crippen MR) is 268 cm³/mol. The number of H-pyrrole nitrogens is 1. The van der Waals surface area contributed by atoms with Gasteiger partial charge in [0.2, 0.25) is 11.8 Å². The second kappa shape index (κ2) is 21.5. The fraction of sp³-hybridized carbons (Fsp3) is 0.500. The lowest BCUT2D eigenvalue weighted by Crippen LogP contribution is -2.43. The van der Waals surface area contributed by atoms with Gasteiger partial charge in [-0.1, -0.05) is 32.5 Å². The Morgan fingerprint density at radius 1 is 0.708 bits per heavy atom. The minimum Gasteiger partial charge on any atom is -0.481 e. The van der Waals surface area contributed by atoms with Crippen molar-refractivity contribution in [2.75, 3.05) is 19.8 Å². The third-order valence-electron chi connectivity index (χ3n) is 14.3. The summed E-state index contributed by atoms with van der Waals surface area (Å²) in [6.07, 6.45) is 18.3. The lowest BCUT2D eigenvalue weighted by atomic mass is 9.69. The fourth-order valence-electron chi connectivity index (χ4n) is 8.46. The van der Waals surface area contributed by atoms with Crippen molar-refractivity contribution in [3.8, 4) is 69.1 Å².